The fraction of sp³-hybridized carbons (Fsp3) is 0.545. The van der Waals surface area contributed by atoms with Crippen molar-refractivity contribution >= 4 is 17.5 Å². The van der Waals surface area contributed by atoms with Crippen LogP contribution in [0.15, 0.2) is 22.8 Å². The fourth-order valence-corrected chi connectivity index (χ4v) is 2.31. The van der Waals surface area contributed by atoms with Crippen molar-refractivity contribution in [3.8, 4) is 0 Å². The standard InChI is InChI=1S/C11H14ClNO2/c12-9-4-1-3-8(9)7-13-11(14)10-5-2-6-15-10/h2,5-6,8-9H,1,3-4,7H2,(H,13,14). The van der Waals surface area contributed by atoms with Gasteiger partial charge in [0.25, 0.3) is 5.91 Å². The zero-order valence-electron chi connectivity index (χ0n) is 8.41. The quantitative estimate of drug-likeness (QED) is 0.806. The predicted octanol–water partition coefficient (Wildman–Crippen LogP) is 2.42. The lowest BCUT2D eigenvalue weighted by molar-refractivity contribution is 0.0920. The number of carbonyl (C=O) groups is 1. The molecule has 2 unspecified atom stereocenters. The van der Waals surface area contributed by atoms with Crippen LogP contribution >= 0.6 is 11.6 Å². The molecule has 3 nitrogen and oxygen atoms in total. The molecular weight excluding hydrogens is 214 g/mol. The number of halogens is 1. The zero-order chi connectivity index (χ0) is 10.7. The van der Waals surface area contributed by atoms with Gasteiger partial charge in [0.05, 0.1) is 6.26 Å². The molecule has 82 valence electrons. The summed E-state index contributed by atoms with van der Waals surface area (Å²) in [5.41, 5.74) is 0. The number of rotatable bonds is 3. The summed E-state index contributed by atoms with van der Waals surface area (Å²) < 4.78 is 4.99. The van der Waals surface area contributed by atoms with E-state index in [-0.39, 0.29) is 11.3 Å². The zero-order valence-corrected chi connectivity index (χ0v) is 9.17. The Hall–Kier alpha value is -0.960. The Morgan fingerprint density at radius 3 is 3.07 bits per heavy atom. The van der Waals surface area contributed by atoms with Crippen LogP contribution in [0.2, 0.25) is 0 Å². The molecule has 15 heavy (non-hydrogen) atoms. The molecule has 0 radical (unpaired) electrons. The van der Waals surface area contributed by atoms with Crippen LogP contribution in [-0.4, -0.2) is 17.8 Å². The molecule has 2 rings (SSSR count). The highest BCUT2D eigenvalue weighted by molar-refractivity contribution is 6.21. The molecule has 1 aromatic rings. The average Bonchev–Trinajstić information content (AvgIpc) is 2.85. The largest absolute Gasteiger partial charge is 0.459 e. The Morgan fingerprint density at radius 1 is 1.60 bits per heavy atom. The first-order valence-electron chi connectivity index (χ1n) is 5.23. The van der Waals surface area contributed by atoms with Crippen LogP contribution in [0.5, 0.6) is 0 Å². The number of carbonyl (C=O) groups excluding carboxylic acids is 1. The first-order chi connectivity index (χ1) is 7.27. The van der Waals surface area contributed by atoms with Crippen LogP contribution in [0.1, 0.15) is 29.8 Å². The maximum Gasteiger partial charge on any atom is 0.286 e. The van der Waals surface area contributed by atoms with Gasteiger partial charge >= 0.3 is 0 Å². The third kappa shape index (κ3) is 2.53. The topological polar surface area (TPSA) is 42.2 Å². The molecule has 0 saturated heterocycles. The first-order valence-corrected chi connectivity index (χ1v) is 5.67. The minimum Gasteiger partial charge on any atom is -0.459 e. The average molecular weight is 228 g/mol. The van der Waals surface area contributed by atoms with E-state index in [0.29, 0.717) is 18.2 Å². The molecule has 1 heterocycles. The summed E-state index contributed by atoms with van der Waals surface area (Å²) in [6.45, 7) is 0.647. The molecule has 1 aliphatic rings. The van der Waals surface area contributed by atoms with E-state index in [2.05, 4.69) is 5.32 Å². The second-order valence-corrected chi connectivity index (χ2v) is 4.45. The van der Waals surface area contributed by atoms with E-state index < -0.39 is 0 Å². The van der Waals surface area contributed by atoms with Crippen molar-refractivity contribution < 1.29 is 9.21 Å². The lowest BCUT2D eigenvalue weighted by Gasteiger charge is -2.13. The minimum absolute atomic E-state index is 0.157. The highest BCUT2D eigenvalue weighted by Gasteiger charge is 2.25. The van der Waals surface area contributed by atoms with Gasteiger partial charge in [-0.1, -0.05) is 6.42 Å². The highest BCUT2D eigenvalue weighted by atomic mass is 35.5. The third-order valence-corrected chi connectivity index (χ3v) is 3.41. The first kappa shape index (κ1) is 10.6. The number of furan rings is 1. The number of nitrogens with one attached hydrogen (secondary N) is 1. The van der Waals surface area contributed by atoms with Gasteiger partial charge in [-0.3, -0.25) is 4.79 Å². The maximum absolute atomic E-state index is 11.5. The van der Waals surface area contributed by atoms with Crippen molar-refractivity contribution in [1.82, 2.24) is 5.32 Å². The van der Waals surface area contributed by atoms with Gasteiger partial charge in [0, 0.05) is 11.9 Å². The van der Waals surface area contributed by atoms with Crippen molar-refractivity contribution in [1.29, 1.82) is 0 Å². The monoisotopic (exact) mass is 227 g/mol. The van der Waals surface area contributed by atoms with Crippen LogP contribution in [0, 0.1) is 5.92 Å². The van der Waals surface area contributed by atoms with E-state index in [9.17, 15) is 4.79 Å². The van der Waals surface area contributed by atoms with Gasteiger partial charge in [0.1, 0.15) is 0 Å². The number of hydrogen-bond donors (Lipinski definition) is 1. The lowest BCUT2D eigenvalue weighted by Crippen LogP contribution is -2.30. The summed E-state index contributed by atoms with van der Waals surface area (Å²) in [6, 6.07) is 3.36. The van der Waals surface area contributed by atoms with E-state index >= 15 is 0 Å². The highest BCUT2D eigenvalue weighted by Crippen LogP contribution is 2.29. The van der Waals surface area contributed by atoms with Crippen molar-refractivity contribution in [2.45, 2.75) is 24.6 Å². The van der Waals surface area contributed by atoms with Crippen molar-refractivity contribution in [3.05, 3.63) is 24.2 Å². The van der Waals surface area contributed by atoms with E-state index in [0.717, 1.165) is 19.3 Å². The Morgan fingerprint density at radius 2 is 2.47 bits per heavy atom. The Kier molecular flexibility index (Phi) is 3.31. The molecule has 2 atom stereocenters. The van der Waals surface area contributed by atoms with Crippen LogP contribution < -0.4 is 5.32 Å². The molecular formula is C11H14ClNO2. The lowest BCUT2D eigenvalue weighted by atomic mass is 10.1. The number of alkyl halides is 1. The summed E-state index contributed by atoms with van der Waals surface area (Å²) in [7, 11) is 0. The molecule has 1 fully saturated rings. The Bertz CT molecular complexity index is 323. The SMILES string of the molecule is O=C(NCC1CCCC1Cl)c1ccco1. The maximum atomic E-state index is 11.5. The number of hydrogen-bond acceptors (Lipinski definition) is 2. The van der Waals surface area contributed by atoms with Crippen molar-refractivity contribution in [3.63, 3.8) is 0 Å². The van der Waals surface area contributed by atoms with Crippen LogP contribution in [0.25, 0.3) is 0 Å². The normalized spacial score (nSPS) is 25.4. The van der Waals surface area contributed by atoms with Gasteiger partial charge in [0.2, 0.25) is 0 Å². The summed E-state index contributed by atoms with van der Waals surface area (Å²) in [5, 5.41) is 3.05. The molecule has 1 N–H and O–H groups in total. The van der Waals surface area contributed by atoms with Crippen molar-refractivity contribution in [2.24, 2.45) is 5.92 Å². The van der Waals surface area contributed by atoms with Gasteiger partial charge in [-0.25, -0.2) is 0 Å². The summed E-state index contributed by atoms with van der Waals surface area (Å²) >= 11 is 6.11. The fourth-order valence-electron chi connectivity index (χ4n) is 1.94. The summed E-state index contributed by atoms with van der Waals surface area (Å²) in [5.74, 6) is 0.612. The van der Waals surface area contributed by atoms with Gasteiger partial charge in [-0.2, -0.15) is 0 Å². The Balaban J connectivity index is 1.81. The minimum atomic E-state index is -0.157. The number of amides is 1. The van der Waals surface area contributed by atoms with Crippen LogP contribution in [0.3, 0.4) is 0 Å². The molecule has 1 amide bonds. The third-order valence-electron chi connectivity index (χ3n) is 2.84. The molecule has 0 bridgehead atoms. The Labute approximate surface area is 93.8 Å². The van der Waals surface area contributed by atoms with Gasteiger partial charge < -0.3 is 9.73 Å². The molecule has 0 aliphatic heterocycles. The predicted molar refractivity (Wildman–Crippen MR) is 58.0 cm³/mol. The van der Waals surface area contributed by atoms with Gasteiger partial charge in [-0.15, -0.1) is 11.6 Å². The smallest absolute Gasteiger partial charge is 0.286 e. The van der Waals surface area contributed by atoms with Crippen molar-refractivity contribution in [2.75, 3.05) is 6.54 Å². The van der Waals surface area contributed by atoms with Gasteiger partial charge in [0.15, 0.2) is 5.76 Å². The molecule has 4 heteroatoms. The second kappa shape index (κ2) is 4.71. The summed E-state index contributed by atoms with van der Waals surface area (Å²) in [4.78, 5) is 11.5. The molecule has 1 aliphatic carbocycles. The van der Waals surface area contributed by atoms with E-state index in [1.165, 1.54) is 6.26 Å². The second-order valence-electron chi connectivity index (χ2n) is 3.89. The molecule has 0 aromatic carbocycles. The molecule has 1 aromatic heterocycles. The van der Waals surface area contributed by atoms with Crippen LogP contribution in [0.4, 0.5) is 0 Å². The summed E-state index contributed by atoms with van der Waals surface area (Å²) in [6.07, 6.45) is 4.82. The van der Waals surface area contributed by atoms with Gasteiger partial charge in [-0.05, 0) is 30.9 Å². The van der Waals surface area contributed by atoms with E-state index in [1.807, 2.05) is 0 Å². The molecule has 0 spiro atoms. The van der Waals surface area contributed by atoms with E-state index in [1.54, 1.807) is 12.1 Å². The van der Waals surface area contributed by atoms with Crippen LogP contribution in [-0.2, 0) is 0 Å². The van der Waals surface area contributed by atoms with E-state index in [4.69, 9.17) is 16.0 Å². The molecule has 1 saturated carbocycles.